The molecule has 0 aliphatic carbocycles. The monoisotopic (exact) mass is 277 g/mol. The Kier molecular flexibility index (Phi) is 4.33. The van der Waals surface area contributed by atoms with Crippen molar-refractivity contribution in [3.63, 3.8) is 0 Å². The molecule has 1 aromatic rings. The van der Waals surface area contributed by atoms with Crippen LogP contribution in [0.1, 0.15) is 42.6 Å². The van der Waals surface area contributed by atoms with Crippen LogP contribution in [0.4, 0.5) is 5.69 Å². The number of benzene rings is 1. The Labute approximate surface area is 120 Å². The van der Waals surface area contributed by atoms with E-state index in [1.54, 1.807) is 13.2 Å². The van der Waals surface area contributed by atoms with Gasteiger partial charge in [-0.3, -0.25) is 0 Å². The lowest BCUT2D eigenvalue weighted by molar-refractivity contribution is 0.0171. The molecule has 4 nitrogen and oxygen atoms in total. The first-order chi connectivity index (χ1) is 9.43. The van der Waals surface area contributed by atoms with Crippen molar-refractivity contribution in [1.82, 2.24) is 0 Å². The Hall–Kier alpha value is -1.55. The van der Waals surface area contributed by atoms with E-state index in [0.29, 0.717) is 5.56 Å². The quantitative estimate of drug-likeness (QED) is 0.899. The van der Waals surface area contributed by atoms with Crippen LogP contribution >= 0.6 is 0 Å². The van der Waals surface area contributed by atoms with E-state index in [9.17, 15) is 4.79 Å². The van der Waals surface area contributed by atoms with Gasteiger partial charge in [0, 0.05) is 25.9 Å². The minimum atomic E-state index is -0.856. The summed E-state index contributed by atoms with van der Waals surface area (Å²) < 4.78 is 5.46. The maximum Gasteiger partial charge on any atom is 0.335 e. The zero-order chi connectivity index (χ0) is 14.8. The fraction of sp³-hybridized carbons (Fsp3) is 0.562. The smallest absolute Gasteiger partial charge is 0.335 e. The number of rotatable bonds is 5. The lowest BCUT2D eigenvalue weighted by Crippen LogP contribution is -2.35. The molecule has 1 aliphatic heterocycles. The second kappa shape index (κ2) is 5.83. The van der Waals surface area contributed by atoms with Gasteiger partial charge in [0.25, 0.3) is 0 Å². The number of nitrogens with zero attached hydrogens (tertiary/aromatic N) is 1. The molecule has 0 atom stereocenters. The summed E-state index contributed by atoms with van der Waals surface area (Å²) in [5, 5.41) is 9.06. The maximum atomic E-state index is 11.0. The van der Waals surface area contributed by atoms with Gasteiger partial charge in [-0.1, -0.05) is 0 Å². The van der Waals surface area contributed by atoms with Crippen LogP contribution in [-0.2, 0) is 11.2 Å². The lowest BCUT2D eigenvalue weighted by Gasteiger charge is -2.34. The van der Waals surface area contributed by atoms with Gasteiger partial charge in [-0.05, 0) is 56.9 Å². The molecule has 0 aromatic heterocycles. The molecule has 0 fully saturated rings. The van der Waals surface area contributed by atoms with Crippen LogP contribution in [0.5, 0.6) is 0 Å². The summed E-state index contributed by atoms with van der Waals surface area (Å²) in [6.07, 6.45) is 2.98. The van der Waals surface area contributed by atoms with E-state index in [2.05, 4.69) is 18.7 Å². The molecule has 2 rings (SSSR count). The Bertz CT molecular complexity index is 496. The minimum Gasteiger partial charge on any atom is -0.478 e. The number of hydrogen-bond donors (Lipinski definition) is 1. The second-order valence-corrected chi connectivity index (χ2v) is 5.95. The van der Waals surface area contributed by atoms with Gasteiger partial charge in [0.05, 0.1) is 11.2 Å². The van der Waals surface area contributed by atoms with Crippen molar-refractivity contribution < 1.29 is 14.6 Å². The highest BCUT2D eigenvalue weighted by molar-refractivity contribution is 5.88. The third-order valence-electron chi connectivity index (χ3n) is 4.08. The van der Waals surface area contributed by atoms with Gasteiger partial charge in [0.15, 0.2) is 0 Å². The van der Waals surface area contributed by atoms with Crippen LogP contribution < -0.4 is 4.90 Å². The number of anilines is 1. The summed E-state index contributed by atoms with van der Waals surface area (Å²) in [7, 11) is 1.74. The van der Waals surface area contributed by atoms with Gasteiger partial charge >= 0.3 is 5.97 Å². The van der Waals surface area contributed by atoms with Crippen molar-refractivity contribution in [3.05, 3.63) is 29.3 Å². The average molecular weight is 277 g/mol. The number of carboxylic acids is 1. The zero-order valence-corrected chi connectivity index (χ0v) is 12.5. The fourth-order valence-electron chi connectivity index (χ4n) is 2.55. The van der Waals surface area contributed by atoms with E-state index in [4.69, 9.17) is 9.84 Å². The number of methoxy groups -OCH3 is 1. The van der Waals surface area contributed by atoms with Gasteiger partial charge < -0.3 is 14.7 Å². The molecule has 0 saturated carbocycles. The molecule has 0 bridgehead atoms. The van der Waals surface area contributed by atoms with Crippen LogP contribution in [0, 0.1) is 0 Å². The number of aromatic carboxylic acids is 1. The third-order valence-corrected chi connectivity index (χ3v) is 4.08. The normalized spacial score (nSPS) is 15.1. The molecule has 0 saturated heterocycles. The highest BCUT2D eigenvalue weighted by Crippen LogP contribution is 2.29. The molecule has 0 unspecified atom stereocenters. The van der Waals surface area contributed by atoms with E-state index < -0.39 is 5.97 Å². The summed E-state index contributed by atoms with van der Waals surface area (Å²) >= 11 is 0. The molecular weight excluding hydrogens is 254 g/mol. The van der Waals surface area contributed by atoms with Crippen molar-refractivity contribution in [2.24, 2.45) is 0 Å². The Morgan fingerprint density at radius 1 is 1.45 bits per heavy atom. The maximum absolute atomic E-state index is 11.0. The summed E-state index contributed by atoms with van der Waals surface area (Å²) in [6.45, 7) is 6.14. The van der Waals surface area contributed by atoms with Crippen LogP contribution in [-0.4, -0.2) is 36.9 Å². The largest absolute Gasteiger partial charge is 0.478 e. The molecule has 0 amide bonds. The first kappa shape index (κ1) is 14.9. The first-order valence-electron chi connectivity index (χ1n) is 7.09. The Morgan fingerprint density at radius 2 is 2.20 bits per heavy atom. The first-order valence-corrected chi connectivity index (χ1v) is 7.09. The molecule has 1 heterocycles. The van der Waals surface area contributed by atoms with E-state index in [-0.39, 0.29) is 5.60 Å². The number of ether oxygens (including phenoxy) is 1. The summed E-state index contributed by atoms with van der Waals surface area (Å²) in [4.78, 5) is 13.4. The summed E-state index contributed by atoms with van der Waals surface area (Å²) in [6, 6.07) is 5.45. The van der Waals surface area contributed by atoms with E-state index in [1.807, 2.05) is 12.1 Å². The third kappa shape index (κ3) is 3.31. The molecule has 1 aliphatic rings. The number of carbonyl (C=O) groups is 1. The number of carboxylic acid groups (broad SMARTS) is 1. The number of hydrogen-bond acceptors (Lipinski definition) is 3. The highest BCUT2D eigenvalue weighted by atomic mass is 16.5. The minimum absolute atomic E-state index is 0.126. The van der Waals surface area contributed by atoms with Crippen LogP contribution in [0.3, 0.4) is 0 Å². The summed E-state index contributed by atoms with van der Waals surface area (Å²) in [5.41, 5.74) is 2.57. The summed E-state index contributed by atoms with van der Waals surface area (Å²) in [5.74, 6) is -0.856. The molecular formula is C16H23NO3. The molecule has 110 valence electrons. The van der Waals surface area contributed by atoms with Gasteiger partial charge in [-0.2, -0.15) is 0 Å². The topological polar surface area (TPSA) is 49.8 Å². The van der Waals surface area contributed by atoms with E-state index in [0.717, 1.165) is 37.9 Å². The van der Waals surface area contributed by atoms with Crippen LogP contribution in [0.2, 0.25) is 0 Å². The predicted molar refractivity (Wildman–Crippen MR) is 79.6 cm³/mol. The van der Waals surface area contributed by atoms with Crippen molar-refractivity contribution in [2.45, 2.75) is 38.7 Å². The highest BCUT2D eigenvalue weighted by Gasteiger charge is 2.22. The molecule has 20 heavy (non-hydrogen) atoms. The van der Waals surface area contributed by atoms with Crippen molar-refractivity contribution in [2.75, 3.05) is 25.1 Å². The molecule has 0 spiro atoms. The fourth-order valence-corrected chi connectivity index (χ4v) is 2.55. The van der Waals surface area contributed by atoms with E-state index in [1.165, 1.54) is 5.69 Å². The average Bonchev–Trinajstić information content (AvgIpc) is 2.44. The van der Waals surface area contributed by atoms with E-state index >= 15 is 0 Å². The van der Waals surface area contributed by atoms with Gasteiger partial charge in [0.2, 0.25) is 0 Å². The van der Waals surface area contributed by atoms with Gasteiger partial charge in [-0.25, -0.2) is 4.79 Å². The Morgan fingerprint density at radius 3 is 2.85 bits per heavy atom. The standard InChI is InChI=1S/C16H23NO3/c1-16(2,20-3)8-10-17-9-4-5-12-11-13(15(18)19)6-7-14(12)17/h6-7,11H,4-5,8-10H2,1-3H3,(H,18,19). The molecule has 4 heteroatoms. The van der Waals surface area contributed by atoms with Gasteiger partial charge in [0.1, 0.15) is 0 Å². The SMILES string of the molecule is COC(C)(C)CCN1CCCc2cc(C(=O)O)ccc21. The lowest BCUT2D eigenvalue weighted by atomic mass is 9.97. The number of aryl methyl sites for hydroxylation is 1. The van der Waals surface area contributed by atoms with Crippen molar-refractivity contribution in [3.8, 4) is 0 Å². The molecule has 0 radical (unpaired) electrons. The number of fused-ring (bicyclic) bond motifs is 1. The van der Waals surface area contributed by atoms with Crippen molar-refractivity contribution >= 4 is 11.7 Å². The predicted octanol–water partition coefficient (Wildman–Crippen LogP) is 2.95. The van der Waals surface area contributed by atoms with Crippen molar-refractivity contribution in [1.29, 1.82) is 0 Å². The zero-order valence-electron chi connectivity index (χ0n) is 12.5. The molecule has 1 aromatic carbocycles. The van der Waals surface area contributed by atoms with Gasteiger partial charge in [-0.15, -0.1) is 0 Å². The van der Waals surface area contributed by atoms with Crippen LogP contribution in [0.15, 0.2) is 18.2 Å². The second-order valence-electron chi connectivity index (χ2n) is 5.95. The van der Waals surface area contributed by atoms with Crippen LogP contribution in [0.25, 0.3) is 0 Å². The Balaban J connectivity index is 2.14. The molecule has 1 N–H and O–H groups in total.